The van der Waals surface area contributed by atoms with Gasteiger partial charge in [-0.15, -0.1) is 0 Å². The van der Waals surface area contributed by atoms with Crippen LogP contribution in [0.15, 0.2) is 59.7 Å². The number of hydrogen-bond acceptors (Lipinski definition) is 3. The lowest BCUT2D eigenvalue weighted by Crippen LogP contribution is -2.26. The van der Waals surface area contributed by atoms with Crippen LogP contribution in [0.2, 0.25) is 0 Å². The van der Waals surface area contributed by atoms with Gasteiger partial charge in [0.1, 0.15) is 5.75 Å². The highest BCUT2D eigenvalue weighted by Gasteiger charge is 2.05. The molecule has 0 bridgehead atoms. The molecule has 0 aromatic heterocycles. The largest absolute Gasteiger partial charge is 0.483 e. The summed E-state index contributed by atoms with van der Waals surface area (Å²) in [5.41, 5.74) is 5.68. The van der Waals surface area contributed by atoms with Crippen molar-refractivity contribution >= 4 is 11.6 Å². The molecule has 2 rings (SSSR count). The Morgan fingerprint density at radius 3 is 2.48 bits per heavy atom. The minimum absolute atomic E-state index is 0.0450. The maximum absolute atomic E-state index is 11.9. The number of ether oxygens (including phenoxy) is 1. The first-order valence-corrected chi connectivity index (χ1v) is 7.75. The molecule has 0 saturated carbocycles. The van der Waals surface area contributed by atoms with E-state index in [1.165, 1.54) is 5.56 Å². The lowest BCUT2D eigenvalue weighted by molar-refractivity contribution is -0.123. The summed E-state index contributed by atoms with van der Waals surface area (Å²) in [6, 6.07) is 17.7. The molecule has 2 aromatic carbocycles. The van der Waals surface area contributed by atoms with Crippen molar-refractivity contribution in [3.05, 3.63) is 65.7 Å². The van der Waals surface area contributed by atoms with Crippen LogP contribution in [0.3, 0.4) is 0 Å². The minimum Gasteiger partial charge on any atom is -0.483 e. The third-order valence-corrected chi connectivity index (χ3v) is 3.45. The molecule has 23 heavy (non-hydrogen) atoms. The third kappa shape index (κ3) is 5.58. The molecule has 0 radical (unpaired) electrons. The number of carbonyl (C=O) groups is 1. The maximum Gasteiger partial charge on any atom is 0.277 e. The summed E-state index contributed by atoms with van der Waals surface area (Å²) in [5, 5.41) is 4.21. The van der Waals surface area contributed by atoms with E-state index in [9.17, 15) is 4.79 Å². The lowest BCUT2D eigenvalue weighted by atomic mass is 10.1. The highest BCUT2D eigenvalue weighted by Crippen LogP contribution is 2.15. The number of aryl methyl sites for hydroxylation is 1. The zero-order valence-corrected chi connectivity index (χ0v) is 13.6. The molecule has 1 amide bonds. The number of amides is 1. The second-order valence-electron chi connectivity index (χ2n) is 5.28. The van der Waals surface area contributed by atoms with Gasteiger partial charge in [-0.05, 0) is 30.5 Å². The Bertz CT molecular complexity index is 666. The van der Waals surface area contributed by atoms with E-state index in [0.717, 1.165) is 24.1 Å². The van der Waals surface area contributed by atoms with Gasteiger partial charge < -0.3 is 4.74 Å². The van der Waals surface area contributed by atoms with Crippen LogP contribution in [0.5, 0.6) is 5.75 Å². The smallest absolute Gasteiger partial charge is 0.277 e. The van der Waals surface area contributed by atoms with Crippen LogP contribution in [-0.2, 0) is 11.2 Å². The van der Waals surface area contributed by atoms with Gasteiger partial charge in [0.25, 0.3) is 5.91 Å². The van der Waals surface area contributed by atoms with Crippen LogP contribution in [0.25, 0.3) is 0 Å². The van der Waals surface area contributed by atoms with Crippen molar-refractivity contribution in [1.82, 2.24) is 5.43 Å². The minimum atomic E-state index is -0.257. The van der Waals surface area contributed by atoms with Crippen molar-refractivity contribution in [3.8, 4) is 5.75 Å². The van der Waals surface area contributed by atoms with Gasteiger partial charge >= 0.3 is 0 Å². The molecule has 0 saturated heterocycles. The molecule has 0 aliphatic carbocycles. The second-order valence-corrected chi connectivity index (χ2v) is 5.28. The Morgan fingerprint density at radius 1 is 1.09 bits per heavy atom. The van der Waals surface area contributed by atoms with E-state index in [1.54, 1.807) is 0 Å². The first-order valence-electron chi connectivity index (χ1n) is 7.75. The van der Waals surface area contributed by atoms with Crippen LogP contribution < -0.4 is 10.2 Å². The van der Waals surface area contributed by atoms with Crippen LogP contribution in [0, 0.1) is 6.92 Å². The molecule has 0 unspecified atom stereocenters. The van der Waals surface area contributed by atoms with Crippen molar-refractivity contribution in [2.75, 3.05) is 6.61 Å². The highest BCUT2D eigenvalue weighted by molar-refractivity contribution is 5.88. The third-order valence-electron chi connectivity index (χ3n) is 3.45. The average Bonchev–Trinajstić information content (AvgIpc) is 2.58. The number of benzene rings is 2. The van der Waals surface area contributed by atoms with E-state index in [1.807, 2.05) is 68.4 Å². The Balaban J connectivity index is 1.85. The number of nitrogens with one attached hydrogen (secondary N) is 1. The van der Waals surface area contributed by atoms with Gasteiger partial charge in [-0.25, -0.2) is 5.43 Å². The zero-order valence-electron chi connectivity index (χ0n) is 13.6. The Morgan fingerprint density at radius 2 is 1.78 bits per heavy atom. The van der Waals surface area contributed by atoms with E-state index in [-0.39, 0.29) is 12.5 Å². The molecule has 1 N–H and O–H groups in total. The predicted molar refractivity (Wildman–Crippen MR) is 92.7 cm³/mol. The molecule has 0 heterocycles. The molecule has 0 aliphatic rings. The lowest BCUT2D eigenvalue weighted by Gasteiger charge is -2.08. The van der Waals surface area contributed by atoms with Crippen molar-refractivity contribution in [2.24, 2.45) is 5.10 Å². The number of hydrazone groups is 1. The molecule has 2 aromatic rings. The normalized spacial score (nSPS) is 11.1. The van der Waals surface area contributed by atoms with E-state index in [4.69, 9.17) is 4.74 Å². The Hall–Kier alpha value is -2.62. The number of nitrogens with zero attached hydrogens (tertiary/aromatic N) is 1. The van der Waals surface area contributed by atoms with Crippen molar-refractivity contribution in [2.45, 2.75) is 26.7 Å². The summed E-state index contributed by atoms with van der Waals surface area (Å²) >= 11 is 0. The molecule has 4 heteroatoms. The first-order chi connectivity index (χ1) is 11.2. The standard InChI is InChI=1S/C19H22N2O2/c1-3-17(13-16-10-5-4-6-11-16)20-21-19(22)14-23-18-12-8-7-9-15(18)2/h4-12H,3,13-14H2,1-2H3,(H,21,22)/b20-17-. The number of para-hydroxylation sites is 1. The van der Waals surface area contributed by atoms with E-state index < -0.39 is 0 Å². The SMILES string of the molecule is CC/C(Cc1ccccc1)=N/NC(=O)COc1ccccc1C. The fourth-order valence-electron chi connectivity index (χ4n) is 2.11. The molecule has 0 spiro atoms. The van der Waals surface area contributed by atoms with Crippen molar-refractivity contribution in [1.29, 1.82) is 0 Å². The van der Waals surface area contributed by atoms with Crippen molar-refractivity contribution < 1.29 is 9.53 Å². The Kier molecular flexibility index (Phi) is 6.36. The number of rotatable bonds is 7. The van der Waals surface area contributed by atoms with Crippen LogP contribution in [0.4, 0.5) is 0 Å². The van der Waals surface area contributed by atoms with Gasteiger partial charge in [0.15, 0.2) is 6.61 Å². The second kappa shape index (κ2) is 8.73. The van der Waals surface area contributed by atoms with E-state index in [0.29, 0.717) is 5.75 Å². The van der Waals surface area contributed by atoms with E-state index >= 15 is 0 Å². The quantitative estimate of drug-likeness (QED) is 0.628. The van der Waals surface area contributed by atoms with Crippen LogP contribution in [0.1, 0.15) is 24.5 Å². The van der Waals surface area contributed by atoms with Gasteiger partial charge in [0, 0.05) is 12.1 Å². The van der Waals surface area contributed by atoms with Crippen LogP contribution in [-0.4, -0.2) is 18.2 Å². The topological polar surface area (TPSA) is 50.7 Å². The molecular weight excluding hydrogens is 288 g/mol. The van der Waals surface area contributed by atoms with Gasteiger partial charge in [0.05, 0.1) is 0 Å². The molecule has 0 aliphatic heterocycles. The highest BCUT2D eigenvalue weighted by atomic mass is 16.5. The summed E-state index contributed by atoms with van der Waals surface area (Å²) in [6.45, 7) is 3.93. The fourth-order valence-corrected chi connectivity index (χ4v) is 2.11. The molecule has 0 atom stereocenters. The van der Waals surface area contributed by atoms with E-state index in [2.05, 4.69) is 10.5 Å². The Labute approximate surface area is 137 Å². The number of hydrogen-bond donors (Lipinski definition) is 1. The van der Waals surface area contributed by atoms with Crippen LogP contribution >= 0.6 is 0 Å². The summed E-state index contributed by atoms with van der Waals surface area (Å²) < 4.78 is 5.50. The molecular formula is C19H22N2O2. The van der Waals surface area contributed by atoms with Crippen molar-refractivity contribution in [3.63, 3.8) is 0 Å². The first kappa shape index (κ1) is 16.7. The monoisotopic (exact) mass is 310 g/mol. The van der Waals surface area contributed by atoms with Gasteiger partial charge in [-0.1, -0.05) is 55.5 Å². The summed E-state index contributed by atoms with van der Waals surface area (Å²) in [4.78, 5) is 11.9. The molecule has 4 nitrogen and oxygen atoms in total. The zero-order chi connectivity index (χ0) is 16.5. The summed E-state index contributed by atoms with van der Waals surface area (Å²) in [7, 11) is 0. The number of carbonyl (C=O) groups excluding carboxylic acids is 1. The van der Waals surface area contributed by atoms with Gasteiger partial charge in [-0.2, -0.15) is 5.10 Å². The maximum atomic E-state index is 11.9. The molecule has 0 fully saturated rings. The summed E-state index contributed by atoms with van der Waals surface area (Å²) in [5.74, 6) is 0.457. The van der Waals surface area contributed by atoms with Gasteiger partial charge in [0.2, 0.25) is 0 Å². The summed E-state index contributed by atoms with van der Waals surface area (Å²) in [6.07, 6.45) is 1.52. The fraction of sp³-hybridized carbons (Fsp3) is 0.263. The molecule has 120 valence electrons. The average molecular weight is 310 g/mol. The van der Waals surface area contributed by atoms with Gasteiger partial charge in [-0.3, -0.25) is 4.79 Å². The predicted octanol–water partition coefficient (Wildman–Crippen LogP) is 3.50.